The Morgan fingerprint density at radius 2 is 0.775 bits per heavy atom. The number of unbranched alkanes of at least 4 members (excludes halogenated alkanes) is 6. The Labute approximate surface area is 424 Å². The topological polar surface area (TPSA) is 124 Å². The van der Waals surface area contributed by atoms with Crippen LogP contribution in [0, 0.1) is 7.05 Å². The first-order chi connectivity index (χ1) is 34.2. The first-order valence-corrected chi connectivity index (χ1v) is 24.9. The first kappa shape index (κ1) is 57.6. The van der Waals surface area contributed by atoms with Gasteiger partial charge in [-0.2, -0.15) is 0 Å². The van der Waals surface area contributed by atoms with Crippen LogP contribution in [0.5, 0.6) is 23.0 Å². The highest BCUT2D eigenvalue weighted by molar-refractivity contribution is 5.51. The molecule has 0 bridgehead atoms. The number of nitrogens with zero attached hydrogens (tertiary/aromatic N) is 1. The number of benzene rings is 6. The maximum atomic E-state index is 10.6. The summed E-state index contributed by atoms with van der Waals surface area (Å²) in [7, 11) is 13.0. The lowest BCUT2D eigenvalue weighted by atomic mass is 9.80. The van der Waals surface area contributed by atoms with Gasteiger partial charge in [0, 0.05) is 33.3 Å². The zero-order valence-electron chi connectivity index (χ0n) is 42.9. The van der Waals surface area contributed by atoms with Gasteiger partial charge in [0.1, 0.15) is 40.5 Å². The summed E-state index contributed by atoms with van der Waals surface area (Å²) in [6.07, 6.45) is 12.3. The molecule has 0 radical (unpaired) electrons. The molecular formula is C61H79NO9. The summed E-state index contributed by atoms with van der Waals surface area (Å²) in [4.78, 5) is 10.6. The van der Waals surface area contributed by atoms with Gasteiger partial charge in [0.2, 0.25) is 0 Å². The van der Waals surface area contributed by atoms with Crippen LogP contribution < -0.4 is 18.9 Å². The van der Waals surface area contributed by atoms with Crippen LogP contribution in [-0.4, -0.2) is 89.7 Å². The Balaban J connectivity index is 0.000000263. The molecule has 6 aromatic carbocycles. The monoisotopic (exact) mass is 970 g/mol. The summed E-state index contributed by atoms with van der Waals surface area (Å²) < 4.78 is 36.0. The fourth-order valence-electron chi connectivity index (χ4n) is 8.95. The molecule has 1 fully saturated rings. The second-order valence-electron chi connectivity index (χ2n) is 18.0. The normalized spacial score (nSPS) is 12.9. The van der Waals surface area contributed by atoms with Gasteiger partial charge in [0.05, 0.1) is 41.5 Å². The molecule has 7 rings (SSSR count). The molecule has 0 saturated carbocycles. The number of aliphatic hydroxyl groups is 1. The Kier molecular flexibility index (Phi) is 24.9. The van der Waals surface area contributed by atoms with Crippen LogP contribution in [0.3, 0.4) is 0 Å². The van der Waals surface area contributed by atoms with E-state index in [2.05, 4.69) is 86.9 Å². The number of ether oxygens (including phenoxy) is 6. The SMILES string of the molecule is COc1ccc(C(OCCCCCC=O)(c2ccccc2)c2ccc(OC)cc2)cc1.COc1ccc(C(OCCCCCCO)(c2ccccc2)c2ccc(OC)cc2)cc1.O.[CH2-][N+]1(C)CCCCC1. The molecule has 0 amide bonds. The fourth-order valence-corrected chi connectivity index (χ4v) is 8.95. The van der Waals surface area contributed by atoms with Gasteiger partial charge in [-0.05, 0) is 127 Å². The summed E-state index contributed by atoms with van der Waals surface area (Å²) in [6.45, 7) is 3.98. The Hall–Kier alpha value is -6.01. The highest BCUT2D eigenvalue weighted by Gasteiger charge is 2.39. The molecule has 10 nitrogen and oxygen atoms in total. The lowest BCUT2D eigenvalue weighted by Gasteiger charge is -2.41. The summed E-state index contributed by atoms with van der Waals surface area (Å²) in [5.41, 5.74) is 4.73. The molecule has 1 aliphatic rings. The van der Waals surface area contributed by atoms with E-state index >= 15 is 0 Å². The van der Waals surface area contributed by atoms with Crippen molar-refractivity contribution in [1.29, 1.82) is 0 Å². The van der Waals surface area contributed by atoms with Crippen LogP contribution in [0.15, 0.2) is 158 Å². The molecule has 0 unspecified atom stereocenters. The van der Waals surface area contributed by atoms with E-state index in [0.717, 1.165) is 112 Å². The van der Waals surface area contributed by atoms with Gasteiger partial charge in [-0.3, -0.25) is 0 Å². The van der Waals surface area contributed by atoms with Crippen molar-refractivity contribution in [2.75, 3.05) is 68.4 Å². The number of rotatable bonds is 24. The van der Waals surface area contributed by atoms with Gasteiger partial charge >= 0.3 is 0 Å². The van der Waals surface area contributed by atoms with Crippen molar-refractivity contribution >= 4 is 6.29 Å². The number of hydrogen-bond acceptors (Lipinski definition) is 8. The van der Waals surface area contributed by atoms with E-state index in [1.807, 2.05) is 84.9 Å². The first-order valence-electron chi connectivity index (χ1n) is 24.9. The molecule has 0 aromatic heterocycles. The van der Waals surface area contributed by atoms with Crippen molar-refractivity contribution in [3.05, 3.63) is 198 Å². The quantitative estimate of drug-likeness (QED) is 0.0209. The minimum Gasteiger partial charge on any atom is -0.497 e. The predicted octanol–water partition coefficient (Wildman–Crippen LogP) is 11.9. The van der Waals surface area contributed by atoms with Gasteiger partial charge in [-0.1, -0.05) is 128 Å². The molecular weight excluding hydrogens is 891 g/mol. The van der Waals surface area contributed by atoms with E-state index in [9.17, 15) is 4.79 Å². The van der Waals surface area contributed by atoms with Gasteiger partial charge in [0.25, 0.3) is 0 Å². The van der Waals surface area contributed by atoms with Crippen LogP contribution in [-0.2, 0) is 25.5 Å². The van der Waals surface area contributed by atoms with Crippen molar-refractivity contribution in [3.8, 4) is 23.0 Å². The number of carbonyl (C=O) groups excluding carboxylic acids is 1. The molecule has 6 aromatic rings. The maximum Gasteiger partial charge on any atom is 0.143 e. The summed E-state index contributed by atoms with van der Waals surface area (Å²) >= 11 is 0. The van der Waals surface area contributed by atoms with E-state index in [1.54, 1.807) is 28.4 Å². The molecule has 3 N–H and O–H groups in total. The molecule has 0 aliphatic carbocycles. The average molecular weight is 970 g/mol. The maximum absolute atomic E-state index is 10.6. The van der Waals surface area contributed by atoms with Gasteiger partial charge in [-0.15, -0.1) is 7.05 Å². The summed E-state index contributed by atoms with van der Waals surface area (Å²) in [5, 5.41) is 9.03. The zero-order chi connectivity index (χ0) is 49.9. The second kappa shape index (κ2) is 30.7. The highest BCUT2D eigenvalue weighted by Crippen LogP contribution is 2.43. The Morgan fingerprint density at radius 3 is 1.06 bits per heavy atom. The average Bonchev–Trinajstić information content (AvgIpc) is 3.42. The van der Waals surface area contributed by atoms with Crippen LogP contribution in [0.4, 0.5) is 0 Å². The van der Waals surface area contributed by atoms with E-state index in [-0.39, 0.29) is 12.1 Å². The third-order valence-electron chi connectivity index (χ3n) is 12.9. The molecule has 382 valence electrons. The minimum absolute atomic E-state index is 0. The lowest BCUT2D eigenvalue weighted by molar-refractivity contribution is -0.870. The highest BCUT2D eigenvalue weighted by atomic mass is 16.5. The van der Waals surface area contributed by atoms with Crippen LogP contribution in [0.2, 0.25) is 0 Å². The number of quaternary nitrogens is 1. The van der Waals surface area contributed by atoms with E-state index in [0.29, 0.717) is 19.6 Å². The van der Waals surface area contributed by atoms with Crippen molar-refractivity contribution in [1.82, 2.24) is 0 Å². The van der Waals surface area contributed by atoms with Crippen LogP contribution >= 0.6 is 0 Å². The molecule has 0 atom stereocenters. The van der Waals surface area contributed by atoms with Crippen molar-refractivity contribution in [2.24, 2.45) is 0 Å². The van der Waals surface area contributed by atoms with Gasteiger partial charge in [0.15, 0.2) is 0 Å². The molecule has 71 heavy (non-hydrogen) atoms. The number of methoxy groups -OCH3 is 4. The largest absolute Gasteiger partial charge is 0.497 e. The molecule has 1 heterocycles. The number of likely N-dealkylation sites (tertiary alicyclic amines) is 1. The number of aldehydes is 1. The van der Waals surface area contributed by atoms with Crippen molar-refractivity contribution in [3.63, 3.8) is 0 Å². The summed E-state index contributed by atoms with van der Waals surface area (Å²) in [6, 6.07) is 52.9. The van der Waals surface area contributed by atoms with Crippen LogP contribution in [0.25, 0.3) is 0 Å². The minimum atomic E-state index is -0.773. The molecule has 1 saturated heterocycles. The third-order valence-corrected chi connectivity index (χ3v) is 12.9. The van der Waals surface area contributed by atoms with Gasteiger partial charge < -0.3 is 48.3 Å². The molecule has 10 heteroatoms. The summed E-state index contributed by atoms with van der Waals surface area (Å²) in [5.74, 6) is 3.22. The standard InChI is InChI=1S/C27H32O4.C27H30O4.C7H15N.H2O/c2*1-29-25-16-12-23(13-17-25)27(22-10-6-5-7-11-22,31-21-9-4-3-8-20-28)24-14-18-26(30-2)19-15-24;1-8(2)6-4-3-5-7-8;/h5-7,10-19,28H,3-4,8-9,20-21H2,1-2H3;5-7,10-20H,3-4,8-9,21H2,1-2H3;1,3-7H2,2H3;1H2. The number of piperidine rings is 1. The van der Waals surface area contributed by atoms with Crippen LogP contribution in [0.1, 0.15) is 104 Å². The van der Waals surface area contributed by atoms with Crippen molar-refractivity contribution < 1.29 is 48.3 Å². The van der Waals surface area contributed by atoms with Crippen molar-refractivity contribution in [2.45, 2.75) is 81.8 Å². The molecule has 0 spiro atoms. The Morgan fingerprint density at radius 1 is 0.465 bits per heavy atom. The number of hydrogen-bond donors (Lipinski definition) is 1. The third kappa shape index (κ3) is 16.5. The van der Waals surface area contributed by atoms with E-state index in [1.165, 1.54) is 32.4 Å². The smallest absolute Gasteiger partial charge is 0.143 e. The second-order valence-corrected chi connectivity index (χ2v) is 18.0. The lowest BCUT2D eigenvalue weighted by Crippen LogP contribution is -2.41. The Bertz CT molecular complexity index is 2220. The van der Waals surface area contributed by atoms with E-state index < -0.39 is 11.2 Å². The van der Waals surface area contributed by atoms with Gasteiger partial charge in [-0.25, -0.2) is 0 Å². The number of aliphatic hydroxyl groups excluding tert-OH is 1. The zero-order valence-corrected chi connectivity index (χ0v) is 42.9. The predicted molar refractivity (Wildman–Crippen MR) is 285 cm³/mol. The fraction of sp³-hybridized carbons (Fsp3) is 0.377. The number of carbonyl (C=O) groups is 1. The molecule has 1 aliphatic heterocycles. The van der Waals surface area contributed by atoms with E-state index in [4.69, 9.17) is 33.5 Å².